The molecule has 0 aliphatic rings. The molecule has 0 radical (unpaired) electrons. The minimum atomic E-state index is 0.351. The molecule has 0 spiro atoms. The van der Waals surface area contributed by atoms with E-state index in [1.807, 2.05) is 25.1 Å². The molecule has 1 aromatic carbocycles. The predicted molar refractivity (Wildman–Crippen MR) is 71.3 cm³/mol. The summed E-state index contributed by atoms with van der Waals surface area (Å²) < 4.78 is 2.07. The minimum absolute atomic E-state index is 0.351. The Morgan fingerprint density at radius 2 is 1.94 bits per heavy atom. The Hall–Kier alpha value is -1.77. The summed E-state index contributed by atoms with van der Waals surface area (Å²) in [6, 6.07) is 12.7. The second-order valence-corrected chi connectivity index (χ2v) is 4.47. The van der Waals surface area contributed by atoms with Crippen LogP contribution >= 0.6 is 0 Å². The summed E-state index contributed by atoms with van der Waals surface area (Å²) in [7, 11) is 0. The number of rotatable bonds is 4. The van der Waals surface area contributed by atoms with Gasteiger partial charge >= 0.3 is 0 Å². The first-order valence-corrected chi connectivity index (χ1v) is 5.98. The first-order chi connectivity index (χ1) is 8.16. The normalized spacial score (nSPS) is 12.4. The van der Waals surface area contributed by atoms with Crippen LogP contribution in [0.25, 0.3) is 0 Å². The number of para-hydroxylation sites is 1. The van der Waals surface area contributed by atoms with Crippen LogP contribution < -0.4 is 5.32 Å². The Morgan fingerprint density at radius 1 is 1.24 bits per heavy atom. The van der Waals surface area contributed by atoms with Gasteiger partial charge in [0.15, 0.2) is 0 Å². The predicted octanol–water partition coefficient (Wildman–Crippen LogP) is 3.17. The van der Waals surface area contributed by atoms with Crippen molar-refractivity contribution in [1.82, 2.24) is 9.78 Å². The van der Waals surface area contributed by atoms with Gasteiger partial charge in [-0.15, -0.1) is 0 Å². The van der Waals surface area contributed by atoms with E-state index in [-0.39, 0.29) is 0 Å². The molecule has 0 fully saturated rings. The van der Waals surface area contributed by atoms with Crippen molar-refractivity contribution in [2.24, 2.45) is 0 Å². The van der Waals surface area contributed by atoms with E-state index in [9.17, 15) is 0 Å². The molecule has 90 valence electrons. The number of anilines is 1. The van der Waals surface area contributed by atoms with E-state index in [0.29, 0.717) is 6.04 Å². The average Bonchev–Trinajstić information content (AvgIpc) is 2.67. The highest BCUT2D eigenvalue weighted by Crippen LogP contribution is 2.12. The fourth-order valence-electron chi connectivity index (χ4n) is 2.00. The maximum atomic E-state index is 4.50. The molecular weight excluding hydrogens is 210 g/mol. The monoisotopic (exact) mass is 229 g/mol. The zero-order valence-corrected chi connectivity index (χ0v) is 10.6. The molecule has 1 N–H and O–H groups in total. The van der Waals surface area contributed by atoms with Gasteiger partial charge in [0.25, 0.3) is 0 Å². The number of aryl methyl sites for hydroxylation is 2. The highest BCUT2D eigenvalue weighted by atomic mass is 15.3. The molecule has 3 heteroatoms. The van der Waals surface area contributed by atoms with Crippen molar-refractivity contribution in [1.29, 1.82) is 0 Å². The fraction of sp³-hybridized carbons (Fsp3) is 0.357. The van der Waals surface area contributed by atoms with E-state index >= 15 is 0 Å². The fourth-order valence-corrected chi connectivity index (χ4v) is 2.00. The summed E-state index contributed by atoms with van der Waals surface area (Å²) in [5, 5.41) is 7.92. The molecule has 0 aliphatic carbocycles. The second kappa shape index (κ2) is 5.04. The van der Waals surface area contributed by atoms with Crippen LogP contribution in [0.5, 0.6) is 0 Å². The van der Waals surface area contributed by atoms with Crippen LogP contribution in [0.1, 0.15) is 24.4 Å². The highest BCUT2D eigenvalue weighted by Gasteiger charge is 2.08. The Balaban J connectivity index is 1.98. The van der Waals surface area contributed by atoms with Crippen molar-refractivity contribution < 1.29 is 0 Å². The molecule has 0 saturated carbocycles. The van der Waals surface area contributed by atoms with Crippen molar-refractivity contribution in [3.05, 3.63) is 47.8 Å². The minimum Gasteiger partial charge on any atom is -0.383 e. The summed E-state index contributed by atoms with van der Waals surface area (Å²) in [6.45, 7) is 7.18. The molecule has 1 aromatic heterocycles. The first-order valence-electron chi connectivity index (χ1n) is 5.98. The molecule has 2 aromatic rings. The van der Waals surface area contributed by atoms with Crippen LogP contribution in [-0.4, -0.2) is 16.3 Å². The van der Waals surface area contributed by atoms with Crippen LogP contribution in [0.4, 0.5) is 5.69 Å². The third-order valence-corrected chi connectivity index (χ3v) is 2.84. The summed E-state index contributed by atoms with van der Waals surface area (Å²) in [5.41, 5.74) is 3.44. The van der Waals surface area contributed by atoms with E-state index in [2.05, 4.69) is 47.1 Å². The van der Waals surface area contributed by atoms with E-state index in [1.165, 1.54) is 5.69 Å². The summed E-state index contributed by atoms with van der Waals surface area (Å²) in [6.07, 6.45) is 0. The molecular formula is C14H19N3. The van der Waals surface area contributed by atoms with E-state index < -0.39 is 0 Å². The zero-order valence-electron chi connectivity index (χ0n) is 10.6. The van der Waals surface area contributed by atoms with Crippen molar-refractivity contribution in [3.8, 4) is 0 Å². The molecule has 3 nitrogen and oxygen atoms in total. The van der Waals surface area contributed by atoms with Gasteiger partial charge < -0.3 is 5.32 Å². The van der Waals surface area contributed by atoms with Gasteiger partial charge in [-0.2, -0.15) is 5.10 Å². The molecule has 0 amide bonds. The standard InChI is InChI=1S/C14H19N3/c1-11-9-12(2)17(16-11)13(3)10-15-14-7-5-4-6-8-14/h4-9,13,15H,10H2,1-3H3. The Bertz CT molecular complexity index is 473. The van der Waals surface area contributed by atoms with Crippen LogP contribution in [0, 0.1) is 13.8 Å². The first kappa shape index (κ1) is 11.7. The smallest absolute Gasteiger partial charge is 0.0666 e. The Morgan fingerprint density at radius 3 is 2.53 bits per heavy atom. The molecule has 0 aliphatic heterocycles. The second-order valence-electron chi connectivity index (χ2n) is 4.47. The van der Waals surface area contributed by atoms with E-state index in [0.717, 1.165) is 17.9 Å². The Labute approximate surface area is 102 Å². The van der Waals surface area contributed by atoms with Crippen LogP contribution in [0.2, 0.25) is 0 Å². The topological polar surface area (TPSA) is 29.9 Å². The zero-order chi connectivity index (χ0) is 12.3. The molecule has 1 unspecified atom stereocenters. The molecule has 0 bridgehead atoms. The molecule has 0 saturated heterocycles. The number of benzene rings is 1. The lowest BCUT2D eigenvalue weighted by Gasteiger charge is -2.15. The van der Waals surface area contributed by atoms with E-state index in [4.69, 9.17) is 0 Å². The molecule has 2 rings (SSSR count). The maximum absolute atomic E-state index is 4.50. The lowest BCUT2D eigenvalue weighted by Crippen LogP contribution is -2.18. The van der Waals surface area contributed by atoms with Crippen LogP contribution in [-0.2, 0) is 0 Å². The summed E-state index contributed by atoms with van der Waals surface area (Å²) in [4.78, 5) is 0. The van der Waals surface area contributed by atoms with Crippen LogP contribution in [0.15, 0.2) is 36.4 Å². The lowest BCUT2D eigenvalue weighted by atomic mass is 10.3. The number of aromatic nitrogens is 2. The SMILES string of the molecule is Cc1cc(C)n(C(C)CNc2ccccc2)n1. The third-order valence-electron chi connectivity index (χ3n) is 2.84. The van der Waals surface area contributed by atoms with E-state index in [1.54, 1.807) is 0 Å². The largest absolute Gasteiger partial charge is 0.383 e. The van der Waals surface area contributed by atoms with Crippen molar-refractivity contribution in [3.63, 3.8) is 0 Å². The average molecular weight is 229 g/mol. The van der Waals surface area contributed by atoms with Crippen molar-refractivity contribution in [2.75, 3.05) is 11.9 Å². The maximum Gasteiger partial charge on any atom is 0.0666 e. The number of nitrogens with zero attached hydrogens (tertiary/aromatic N) is 2. The quantitative estimate of drug-likeness (QED) is 0.872. The van der Waals surface area contributed by atoms with Gasteiger partial charge in [0.1, 0.15) is 0 Å². The van der Waals surface area contributed by atoms with Crippen LogP contribution in [0.3, 0.4) is 0 Å². The van der Waals surface area contributed by atoms with Gasteiger partial charge in [-0.25, -0.2) is 0 Å². The van der Waals surface area contributed by atoms with Gasteiger partial charge in [-0.05, 0) is 39.0 Å². The van der Waals surface area contributed by atoms with Gasteiger partial charge in [0, 0.05) is 17.9 Å². The van der Waals surface area contributed by atoms with Gasteiger partial charge in [-0.1, -0.05) is 18.2 Å². The molecule has 1 heterocycles. The lowest BCUT2D eigenvalue weighted by molar-refractivity contribution is 0.498. The summed E-state index contributed by atoms with van der Waals surface area (Å²) >= 11 is 0. The number of hydrogen-bond donors (Lipinski definition) is 1. The third kappa shape index (κ3) is 2.87. The van der Waals surface area contributed by atoms with Crippen molar-refractivity contribution >= 4 is 5.69 Å². The highest BCUT2D eigenvalue weighted by molar-refractivity contribution is 5.42. The number of nitrogens with one attached hydrogen (secondary N) is 1. The van der Waals surface area contributed by atoms with Gasteiger partial charge in [0.05, 0.1) is 11.7 Å². The Kier molecular flexibility index (Phi) is 3.47. The summed E-state index contributed by atoms with van der Waals surface area (Å²) in [5.74, 6) is 0. The van der Waals surface area contributed by atoms with Gasteiger partial charge in [0.2, 0.25) is 0 Å². The molecule has 1 atom stereocenters. The van der Waals surface area contributed by atoms with Gasteiger partial charge in [-0.3, -0.25) is 4.68 Å². The molecule has 17 heavy (non-hydrogen) atoms. The van der Waals surface area contributed by atoms with Crippen molar-refractivity contribution in [2.45, 2.75) is 26.8 Å². The number of hydrogen-bond acceptors (Lipinski definition) is 2.